The van der Waals surface area contributed by atoms with E-state index in [0.29, 0.717) is 16.5 Å². The van der Waals surface area contributed by atoms with Crippen molar-refractivity contribution in [1.29, 1.82) is 0 Å². The number of aromatic nitrogens is 3. The molecule has 6 nitrogen and oxygen atoms in total. The van der Waals surface area contributed by atoms with Crippen LogP contribution in [-0.2, 0) is 11.8 Å². The van der Waals surface area contributed by atoms with Crippen molar-refractivity contribution >= 4 is 29.3 Å². The second-order valence-corrected chi connectivity index (χ2v) is 5.06. The number of halogens is 1. The number of phenolic OH excluding ortho intramolecular Hbond substituents is 1. The number of carboxylic acid groups (broad SMARTS) is 1. The van der Waals surface area contributed by atoms with Crippen LogP contribution in [0.2, 0.25) is 5.02 Å². The van der Waals surface area contributed by atoms with Crippen molar-refractivity contribution in [2.75, 3.05) is 5.75 Å². The van der Waals surface area contributed by atoms with Crippen LogP contribution in [0.25, 0.3) is 11.4 Å². The van der Waals surface area contributed by atoms with Crippen molar-refractivity contribution in [3.63, 3.8) is 0 Å². The number of nitrogens with zero attached hydrogens (tertiary/aromatic N) is 3. The van der Waals surface area contributed by atoms with Crippen LogP contribution in [0.4, 0.5) is 0 Å². The molecule has 0 aliphatic carbocycles. The molecule has 0 unspecified atom stereocenters. The Labute approximate surface area is 118 Å². The number of phenols is 1. The fraction of sp³-hybridized carbons (Fsp3) is 0.182. The highest BCUT2D eigenvalue weighted by atomic mass is 35.5. The Morgan fingerprint density at radius 1 is 1.47 bits per heavy atom. The molecule has 1 aromatic heterocycles. The van der Waals surface area contributed by atoms with Gasteiger partial charge in [-0.15, -0.1) is 10.2 Å². The number of hydrogen-bond donors (Lipinski definition) is 2. The number of hydrogen-bond acceptors (Lipinski definition) is 5. The van der Waals surface area contributed by atoms with E-state index in [1.54, 1.807) is 23.7 Å². The van der Waals surface area contributed by atoms with E-state index in [1.165, 1.54) is 6.07 Å². The first-order valence-corrected chi connectivity index (χ1v) is 6.58. The van der Waals surface area contributed by atoms with Crippen LogP contribution in [0.3, 0.4) is 0 Å². The molecule has 0 fully saturated rings. The molecule has 2 rings (SSSR count). The topological polar surface area (TPSA) is 88.2 Å². The number of aromatic hydroxyl groups is 1. The Morgan fingerprint density at radius 2 is 2.21 bits per heavy atom. The van der Waals surface area contributed by atoms with Crippen molar-refractivity contribution in [2.24, 2.45) is 7.05 Å². The maximum Gasteiger partial charge on any atom is 0.313 e. The minimum absolute atomic E-state index is 0.00643. The van der Waals surface area contributed by atoms with Crippen LogP contribution in [0, 0.1) is 0 Å². The SMILES string of the molecule is Cn1c(SCC(=O)O)nnc1-c1ccc(O)c(Cl)c1. The van der Waals surface area contributed by atoms with Gasteiger partial charge in [-0.05, 0) is 18.2 Å². The van der Waals surface area contributed by atoms with Gasteiger partial charge in [0.1, 0.15) is 5.75 Å². The molecule has 0 amide bonds. The molecular formula is C11H10ClN3O3S. The van der Waals surface area contributed by atoms with E-state index in [4.69, 9.17) is 16.7 Å². The highest BCUT2D eigenvalue weighted by molar-refractivity contribution is 7.99. The van der Waals surface area contributed by atoms with Gasteiger partial charge in [-0.3, -0.25) is 4.79 Å². The van der Waals surface area contributed by atoms with Gasteiger partial charge in [0.2, 0.25) is 0 Å². The van der Waals surface area contributed by atoms with Gasteiger partial charge in [0.15, 0.2) is 11.0 Å². The minimum atomic E-state index is -0.915. The molecule has 0 saturated heterocycles. The fourth-order valence-corrected chi connectivity index (χ4v) is 2.28. The summed E-state index contributed by atoms with van der Waals surface area (Å²) < 4.78 is 1.68. The summed E-state index contributed by atoms with van der Waals surface area (Å²) in [6.45, 7) is 0. The molecule has 8 heteroatoms. The molecule has 0 spiro atoms. The number of thioether (sulfide) groups is 1. The van der Waals surface area contributed by atoms with Gasteiger partial charge in [0.25, 0.3) is 0 Å². The first-order chi connectivity index (χ1) is 8.99. The molecule has 0 bridgehead atoms. The van der Waals surface area contributed by atoms with E-state index in [1.807, 2.05) is 0 Å². The number of carbonyl (C=O) groups is 1. The molecule has 0 saturated carbocycles. The molecule has 0 atom stereocenters. The lowest BCUT2D eigenvalue weighted by molar-refractivity contribution is -0.133. The van der Waals surface area contributed by atoms with Gasteiger partial charge < -0.3 is 14.8 Å². The Bertz CT molecular complexity index is 630. The quantitative estimate of drug-likeness (QED) is 0.840. The van der Waals surface area contributed by atoms with Crippen LogP contribution in [0.15, 0.2) is 23.4 Å². The van der Waals surface area contributed by atoms with Crippen LogP contribution < -0.4 is 0 Å². The Kier molecular flexibility index (Phi) is 3.96. The van der Waals surface area contributed by atoms with Crippen LogP contribution in [0.5, 0.6) is 5.75 Å². The lowest BCUT2D eigenvalue weighted by atomic mass is 10.2. The van der Waals surface area contributed by atoms with E-state index >= 15 is 0 Å². The van der Waals surface area contributed by atoms with Crippen molar-refractivity contribution in [3.8, 4) is 17.1 Å². The number of rotatable bonds is 4. The number of benzene rings is 1. The maximum absolute atomic E-state index is 10.5. The second-order valence-electron chi connectivity index (χ2n) is 3.71. The average Bonchev–Trinajstić information content (AvgIpc) is 2.72. The molecule has 0 radical (unpaired) electrons. The fourth-order valence-electron chi connectivity index (χ4n) is 1.46. The van der Waals surface area contributed by atoms with Gasteiger partial charge in [0.05, 0.1) is 10.8 Å². The molecular weight excluding hydrogens is 290 g/mol. The molecule has 1 aromatic carbocycles. The van der Waals surface area contributed by atoms with E-state index < -0.39 is 5.97 Å². The van der Waals surface area contributed by atoms with Gasteiger partial charge >= 0.3 is 5.97 Å². The summed E-state index contributed by atoms with van der Waals surface area (Å²) in [6.07, 6.45) is 0. The third-order valence-electron chi connectivity index (χ3n) is 2.37. The summed E-state index contributed by atoms with van der Waals surface area (Å²) in [7, 11) is 1.74. The number of carboxylic acids is 1. The predicted octanol–water partition coefficient (Wildman–Crippen LogP) is 2.02. The Hall–Kier alpha value is -1.73. The normalized spacial score (nSPS) is 10.6. The van der Waals surface area contributed by atoms with Crippen molar-refractivity contribution in [1.82, 2.24) is 14.8 Å². The molecule has 0 aliphatic heterocycles. The van der Waals surface area contributed by atoms with Gasteiger partial charge in [-0.2, -0.15) is 0 Å². The molecule has 2 N–H and O–H groups in total. The Morgan fingerprint density at radius 3 is 2.84 bits per heavy atom. The zero-order chi connectivity index (χ0) is 14.0. The summed E-state index contributed by atoms with van der Waals surface area (Å²) in [5.41, 5.74) is 0.694. The maximum atomic E-state index is 10.5. The first-order valence-electron chi connectivity index (χ1n) is 5.22. The third kappa shape index (κ3) is 2.99. The summed E-state index contributed by atoms with van der Waals surface area (Å²) >= 11 is 6.92. The van der Waals surface area contributed by atoms with Crippen LogP contribution in [0.1, 0.15) is 0 Å². The molecule has 19 heavy (non-hydrogen) atoms. The molecule has 1 heterocycles. The Balaban J connectivity index is 2.30. The van der Waals surface area contributed by atoms with Gasteiger partial charge in [-0.25, -0.2) is 0 Å². The first kappa shape index (κ1) is 13.7. The average molecular weight is 300 g/mol. The third-order valence-corrected chi connectivity index (χ3v) is 3.67. The lowest BCUT2D eigenvalue weighted by Gasteiger charge is -2.04. The van der Waals surface area contributed by atoms with Crippen molar-refractivity contribution < 1.29 is 15.0 Å². The minimum Gasteiger partial charge on any atom is -0.506 e. The molecule has 100 valence electrons. The summed E-state index contributed by atoms with van der Waals surface area (Å²) in [5.74, 6) is -0.451. The smallest absolute Gasteiger partial charge is 0.313 e. The zero-order valence-electron chi connectivity index (χ0n) is 9.87. The summed E-state index contributed by atoms with van der Waals surface area (Å²) in [4.78, 5) is 10.5. The van der Waals surface area contributed by atoms with Crippen molar-refractivity contribution in [3.05, 3.63) is 23.2 Å². The van der Waals surface area contributed by atoms with Gasteiger partial charge in [-0.1, -0.05) is 23.4 Å². The van der Waals surface area contributed by atoms with E-state index in [2.05, 4.69) is 10.2 Å². The van der Waals surface area contributed by atoms with Gasteiger partial charge in [0, 0.05) is 12.6 Å². The summed E-state index contributed by atoms with van der Waals surface area (Å²) in [5, 5.41) is 26.6. The van der Waals surface area contributed by atoms with Crippen molar-refractivity contribution in [2.45, 2.75) is 5.16 Å². The monoisotopic (exact) mass is 299 g/mol. The highest BCUT2D eigenvalue weighted by Crippen LogP contribution is 2.29. The summed E-state index contributed by atoms with van der Waals surface area (Å²) in [6, 6.07) is 4.71. The molecule has 2 aromatic rings. The van der Waals surface area contributed by atoms with E-state index in [-0.39, 0.29) is 16.5 Å². The highest BCUT2D eigenvalue weighted by Gasteiger charge is 2.13. The predicted molar refractivity (Wildman–Crippen MR) is 71.5 cm³/mol. The largest absolute Gasteiger partial charge is 0.506 e. The second kappa shape index (κ2) is 5.50. The van der Waals surface area contributed by atoms with Crippen LogP contribution in [-0.4, -0.2) is 36.7 Å². The lowest BCUT2D eigenvalue weighted by Crippen LogP contribution is -2.01. The standard InChI is InChI=1S/C11H10ClN3O3S/c1-15-10(6-2-3-8(16)7(12)4-6)13-14-11(15)19-5-9(17)18/h2-4,16H,5H2,1H3,(H,17,18). The zero-order valence-corrected chi connectivity index (χ0v) is 11.4. The van der Waals surface area contributed by atoms with E-state index in [9.17, 15) is 9.90 Å². The number of aliphatic carboxylic acids is 1. The molecule has 0 aliphatic rings. The van der Waals surface area contributed by atoms with E-state index in [0.717, 1.165) is 11.8 Å². The van der Waals surface area contributed by atoms with Crippen LogP contribution >= 0.6 is 23.4 Å².